The van der Waals surface area contributed by atoms with Gasteiger partial charge in [-0.3, -0.25) is 4.79 Å². The van der Waals surface area contributed by atoms with Crippen LogP contribution < -0.4 is 10.0 Å². The van der Waals surface area contributed by atoms with E-state index >= 15 is 0 Å². The molecular weight excluding hydrogens is 412 g/mol. The van der Waals surface area contributed by atoms with Crippen LogP contribution in [0.25, 0.3) is 0 Å². The summed E-state index contributed by atoms with van der Waals surface area (Å²) in [5.74, 6) is 0.288. The molecule has 3 aromatic rings. The van der Waals surface area contributed by atoms with Gasteiger partial charge in [-0.2, -0.15) is 0 Å². The van der Waals surface area contributed by atoms with Gasteiger partial charge in [0.15, 0.2) is 0 Å². The minimum atomic E-state index is -3.70. The molecule has 0 aliphatic heterocycles. The van der Waals surface area contributed by atoms with E-state index in [0.717, 1.165) is 6.42 Å². The van der Waals surface area contributed by atoms with E-state index in [4.69, 9.17) is 4.42 Å². The van der Waals surface area contributed by atoms with Crippen molar-refractivity contribution in [1.82, 2.24) is 10.0 Å². The maximum Gasteiger partial charge on any atom is 0.251 e. The van der Waals surface area contributed by atoms with E-state index < -0.39 is 10.0 Å². The first-order valence-corrected chi connectivity index (χ1v) is 11.6. The first kappa shape index (κ1) is 22.8. The van der Waals surface area contributed by atoms with Gasteiger partial charge >= 0.3 is 0 Å². The molecule has 31 heavy (non-hydrogen) atoms. The van der Waals surface area contributed by atoms with Crippen LogP contribution in [0.15, 0.2) is 82.3 Å². The van der Waals surface area contributed by atoms with Crippen LogP contribution in [0.1, 0.15) is 48.9 Å². The Balaban J connectivity index is 1.59. The maximum absolute atomic E-state index is 12.6. The SMILES string of the molecule is CC(CC(C)(C)c1ccccc1)NC(=O)c1ccc(S(=O)(=O)NCc2ccco2)cc1. The molecule has 1 atom stereocenters. The van der Waals surface area contributed by atoms with Gasteiger partial charge in [0.25, 0.3) is 5.91 Å². The van der Waals surface area contributed by atoms with E-state index in [1.807, 2.05) is 25.1 Å². The number of sulfonamides is 1. The topological polar surface area (TPSA) is 88.4 Å². The second-order valence-electron chi connectivity index (χ2n) is 8.26. The maximum atomic E-state index is 12.6. The first-order chi connectivity index (χ1) is 14.7. The number of carbonyl (C=O) groups is 1. The van der Waals surface area contributed by atoms with E-state index in [1.54, 1.807) is 12.1 Å². The van der Waals surface area contributed by atoms with E-state index in [1.165, 1.54) is 36.1 Å². The Hall–Kier alpha value is -2.90. The minimum absolute atomic E-state index is 0.0546. The largest absolute Gasteiger partial charge is 0.468 e. The van der Waals surface area contributed by atoms with Crippen molar-refractivity contribution in [3.63, 3.8) is 0 Å². The third-order valence-corrected chi connectivity index (χ3v) is 6.61. The number of nitrogens with one attached hydrogen (secondary N) is 2. The van der Waals surface area contributed by atoms with Crippen molar-refractivity contribution in [2.75, 3.05) is 0 Å². The normalized spacial score (nSPS) is 13.0. The van der Waals surface area contributed by atoms with Gasteiger partial charge in [-0.1, -0.05) is 44.2 Å². The lowest BCUT2D eigenvalue weighted by Gasteiger charge is -2.29. The second-order valence-corrected chi connectivity index (χ2v) is 10.0. The van der Waals surface area contributed by atoms with Crippen LogP contribution in [0.2, 0.25) is 0 Å². The summed E-state index contributed by atoms with van der Waals surface area (Å²) in [5.41, 5.74) is 1.54. The van der Waals surface area contributed by atoms with Crippen molar-refractivity contribution in [3.05, 3.63) is 89.9 Å². The van der Waals surface area contributed by atoms with Crippen LogP contribution in [0.5, 0.6) is 0 Å². The molecule has 0 bridgehead atoms. The molecule has 0 aliphatic carbocycles. The molecule has 0 radical (unpaired) electrons. The molecule has 1 unspecified atom stereocenters. The average molecular weight is 441 g/mol. The van der Waals surface area contributed by atoms with Crippen molar-refractivity contribution in [2.24, 2.45) is 0 Å². The molecule has 1 heterocycles. The summed E-state index contributed by atoms with van der Waals surface area (Å²) in [4.78, 5) is 12.7. The van der Waals surface area contributed by atoms with Gasteiger partial charge in [0, 0.05) is 11.6 Å². The van der Waals surface area contributed by atoms with Crippen LogP contribution in [-0.4, -0.2) is 20.4 Å². The summed E-state index contributed by atoms with van der Waals surface area (Å²) >= 11 is 0. The zero-order valence-electron chi connectivity index (χ0n) is 18.0. The zero-order chi connectivity index (χ0) is 22.5. The Morgan fingerprint density at radius 3 is 2.29 bits per heavy atom. The molecule has 0 spiro atoms. The summed E-state index contributed by atoms with van der Waals surface area (Å²) in [5, 5.41) is 3.01. The number of amides is 1. The van der Waals surface area contributed by atoms with Gasteiger partial charge in [-0.15, -0.1) is 0 Å². The molecule has 2 aromatic carbocycles. The molecule has 6 nitrogen and oxygen atoms in total. The summed E-state index contributed by atoms with van der Waals surface area (Å²) in [7, 11) is -3.70. The van der Waals surface area contributed by atoms with Crippen LogP contribution in [0.3, 0.4) is 0 Å². The van der Waals surface area contributed by atoms with Crippen LogP contribution in [-0.2, 0) is 22.0 Å². The number of rotatable bonds is 9. The molecule has 7 heteroatoms. The fourth-order valence-corrected chi connectivity index (χ4v) is 4.57. The highest BCUT2D eigenvalue weighted by Crippen LogP contribution is 2.28. The highest BCUT2D eigenvalue weighted by Gasteiger charge is 2.24. The van der Waals surface area contributed by atoms with E-state index in [2.05, 4.69) is 36.0 Å². The second kappa shape index (κ2) is 9.49. The van der Waals surface area contributed by atoms with Crippen LogP contribution in [0, 0.1) is 0 Å². The Kier molecular flexibility index (Phi) is 6.97. The monoisotopic (exact) mass is 440 g/mol. The first-order valence-electron chi connectivity index (χ1n) is 10.2. The standard InChI is InChI=1S/C24H28N2O4S/c1-18(16-24(2,3)20-8-5-4-6-9-20)26-23(27)19-11-13-22(14-12-19)31(28,29)25-17-21-10-7-15-30-21/h4-15,18,25H,16-17H2,1-3H3,(H,26,27). The summed E-state index contributed by atoms with van der Waals surface area (Å²) in [6.07, 6.45) is 2.25. The van der Waals surface area contributed by atoms with Crippen LogP contribution in [0.4, 0.5) is 0 Å². The predicted molar refractivity (Wildman–Crippen MR) is 120 cm³/mol. The molecule has 1 amide bonds. The van der Waals surface area contributed by atoms with Crippen LogP contribution >= 0.6 is 0 Å². The quantitative estimate of drug-likeness (QED) is 0.521. The predicted octanol–water partition coefficient (Wildman–Crippen LogP) is 4.24. The summed E-state index contributed by atoms with van der Waals surface area (Å²) < 4.78 is 32.5. The molecule has 3 rings (SSSR count). The molecule has 0 saturated carbocycles. The molecule has 2 N–H and O–H groups in total. The lowest BCUT2D eigenvalue weighted by molar-refractivity contribution is 0.0934. The average Bonchev–Trinajstić information content (AvgIpc) is 3.26. The van der Waals surface area contributed by atoms with Crippen molar-refractivity contribution >= 4 is 15.9 Å². The minimum Gasteiger partial charge on any atom is -0.468 e. The highest BCUT2D eigenvalue weighted by atomic mass is 32.2. The number of hydrogen-bond acceptors (Lipinski definition) is 4. The van der Waals surface area contributed by atoms with Crippen molar-refractivity contribution in [2.45, 2.75) is 50.1 Å². The van der Waals surface area contributed by atoms with Gasteiger partial charge in [-0.05, 0) is 60.7 Å². The molecule has 0 fully saturated rings. The highest BCUT2D eigenvalue weighted by molar-refractivity contribution is 7.89. The van der Waals surface area contributed by atoms with E-state index in [-0.39, 0.29) is 28.8 Å². The molecule has 1 aromatic heterocycles. The van der Waals surface area contributed by atoms with E-state index in [0.29, 0.717) is 11.3 Å². The summed E-state index contributed by atoms with van der Waals surface area (Å²) in [6.45, 7) is 6.34. The Bertz CT molecular complexity index is 1090. The Morgan fingerprint density at radius 1 is 1.00 bits per heavy atom. The fraction of sp³-hybridized carbons (Fsp3) is 0.292. The number of carbonyl (C=O) groups excluding carboxylic acids is 1. The Morgan fingerprint density at radius 2 is 1.68 bits per heavy atom. The third kappa shape index (κ3) is 6.06. The Labute approximate surface area is 183 Å². The zero-order valence-corrected chi connectivity index (χ0v) is 18.8. The smallest absolute Gasteiger partial charge is 0.251 e. The molecule has 0 aliphatic rings. The van der Waals surface area contributed by atoms with Gasteiger partial charge < -0.3 is 9.73 Å². The summed E-state index contributed by atoms with van der Waals surface area (Å²) in [6, 6.07) is 19.4. The van der Waals surface area contributed by atoms with Crippen molar-refractivity contribution < 1.29 is 17.6 Å². The number of benzene rings is 2. The van der Waals surface area contributed by atoms with Gasteiger partial charge in [0.05, 0.1) is 17.7 Å². The molecular formula is C24H28N2O4S. The number of furan rings is 1. The van der Waals surface area contributed by atoms with Crippen molar-refractivity contribution in [1.29, 1.82) is 0 Å². The van der Waals surface area contributed by atoms with Crippen molar-refractivity contribution in [3.8, 4) is 0 Å². The van der Waals surface area contributed by atoms with Gasteiger partial charge in [-0.25, -0.2) is 13.1 Å². The lowest BCUT2D eigenvalue weighted by atomic mass is 9.79. The molecule has 0 saturated heterocycles. The van der Waals surface area contributed by atoms with Gasteiger partial charge in [0.1, 0.15) is 5.76 Å². The lowest BCUT2D eigenvalue weighted by Crippen LogP contribution is -2.37. The molecule has 164 valence electrons. The van der Waals surface area contributed by atoms with E-state index in [9.17, 15) is 13.2 Å². The van der Waals surface area contributed by atoms with Gasteiger partial charge in [0.2, 0.25) is 10.0 Å². The third-order valence-electron chi connectivity index (χ3n) is 5.19. The fourth-order valence-electron chi connectivity index (χ4n) is 3.58. The number of hydrogen-bond donors (Lipinski definition) is 2.